The summed E-state index contributed by atoms with van der Waals surface area (Å²) in [6, 6.07) is 16.0. The van der Waals surface area contributed by atoms with Crippen LogP contribution in [-0.4, -0.2) is 29.4 Å². The quantitative estimate of drug-likeness (QED) is 0.762. The third-order valence-corrected chi connectivity index (χ3v) is 4.60. The second-order valence-corrected chi connectivity index (χ2v) is 5.90. The maximum absolute atomic E-state index is 12.9. The molecule has 4 heteroatoms. The summed E-state index contributed by atoms with van der Waals surface area (Å²) < 4.78 is 0. The fourth-order valence-electron chi connectivity index (χ4n) is 3.42. The van der Waals surface area contributed by atoms with Gasteiger partial charge in [0.1, 0.15) is 0 Å². The van der Waals surface area contributed by atoms with Gasteiger partial charge >= 0.3 is 0 Å². The van der Waals surface area contributed by atoms with E-state index < -0.39 is 0 Å². The molecule has 2 aromatic carbocycles. The highest BCUT2D eigenvalue weighted by molar-refractivity contribution is 6.00. The van der Waals surface area contributed by atoms with Crippen LogP contribution >= 0.6 is 0 Å². The van der Waals surface area contributed by atoms with E-state index >= 15 is 0 Å². The van der Waals surface area contributed by atoms with E-state index in [0.29, 0.717) is 6.54 Å². The molecule has 1 aliphatic rings. The first-order valence-electron chi connectivity index (χ1n) is 7.92. The van der Waals surface area contributed by atoms with Crippen LogP contribution in [-0.2, 0) is 13.0 Å². The fourth-order valence-corrected chi connectivity index (χ4v) is 3.42. The van der Waals surface area contributed by atoms with Gasteiger partial charge in [-0.05, 0) is 30.2 Å². The van der Waals surface area contributed by atoms with E-state index in [0.717, 1.165) is 35.4 Å². The van der Waals surface area contributed by atoms with E-state index in [9.17, 15) is 4.79 Å². The van der Waals surface area contributed by atoms with Gasteiger partial charge in [-0.2, -0.15) is 0 Å². The predicted octanol–water partition coefficient (Wildman–Crippen LogP) is 3.41. The topological polar surface area (TPSA) is 48.1 Å². The van der Waals surface area contributed by atoms with Gasteiger partial charge in [0.2, 0.25) is 0 Å². The predicted molar refractivity (Wildman–Crippen MR) is 92.7 cm³/mol. The normalized spacial score (nSPS) is 13.9. The van der Waals surface area contributed by atoms with Crippen LogP contribution in [0.4, 0.5) is 5.69 Å². The zero-order valence-corrected chi connectivity index (χ0v) is 13.1. The minimum atomic E-state index is 0.0826. The Morgan fingerprint density at radius 3 is 2.78 bits per heavy atom. The second-order valence-electron chi connectivity index (χ2n) is 5.90. The van der Waals surface area contributed by atoms with Crippen LogP contribution in [0.25, 0.3) is 10.9 Å². The van der Waals surface area contributed by atoms with Gasteiger partial charge < -0.3 is 15.2 Å². The first-order chi connectivity index (χ1) is 11.3. The Kier molecular flexibility index (Phi) is 3.30. The van der Waals surface area contributed by atoms with Gasteiger partial charge in [0.15, 0.2) is 0 Å². The molecule has 0 aliphatic carbocycles. The molecule has 116 valence electrons. The van der Waals surface area contributed by atoms with Crippen molar-refractivity contribution in [2.45, 2.75) is 13.0 Å². The van der Waals surface area contributed by atoms with Crippen molar-refractivity contribution in [2.75, 3.05) is 18.9 Å². The number of nitrogens with one attached hydrogen (secondary N) is 2. The Balaban J connectivity index is 1.66. The Bertz CT molecular complexity index is 881. The number of H-pyrrole nitrogens is 1. The Hall–Kier alpha value is -2.75. The Labute approximate surface area is 135 Å². The molecular formula is C19H19N3O. The van der Waals surface area contributed by atoms with Crippen LogP contribution in [0.2, 0.25) is 0 Å². The lowest BCUT2D eigenvalue weighted by Crippen LogP contribution is -2.36. The lowest BCUT2D eigenvalue weighted by molar-refractivity contribution is 0.0734. The van der Waals surface area contributed by atoms with Crippen LogP contribution in [0, 0.1) is 0 Å². The number of aromatic nitrogens is 1. The van der Waals surface area contributed by atoms with Crippen molar-refractivity contribution in [1.29, 1.82) is 0 Å². The lowest BCUT2D eigenvalue weighted by atomic mass is 10.0. The number of para-hydroxylation sites is 2. The largest absolute Gasteiger partial charge is 0.387 e. The average molecular weight is 305 g/mol. The summed E-state index contributed by atoms with van der Waals surface area (Å²) in [6.07, 6.45) is 0.896. The van der Waals surface area contributed by atoms with Crippen LogP contribution in [0.15, 0.2) is 48.5 Å². The molecule has 2 heterocycles. The van der Waals surface area contributed by atoms with Crippen molar-refractivity contribution in [1.82, 2.24) is 9.88 Å². The summed E-state index contributed by atoms with van der Waals surface area (Å²) in [6.45, 7) is 1.40. The number of hydrogen-bond acceptors (Lipinski definition) is 2. The summed E-state index contributed by atoms with van der Waals surface area (Å²) in [7, 11) is 1.85. The van der Waals surface area contributed by atoms with E-state index in [1.54, 1.807) is 0 Å². The SMILES string of the molecule is CNc1ccccc1C(=O)N1CCc2c([nH]c3ccccc23)C1. The highest BCUT2D eigenvalue weighted by Crippen LogP contribution is 2.28. The number of aromatic amines is 1. The van der Waals surface area contributed by atoms with Crippen molar-refractivity contribution in [3.8, 4) is 0 Å². The monoisotopic (exact) mass is 305 g/mol. The Morgan fingerprint density at radius 2 is 1.91 bits per heavy atom. The number of benzene rings is 2. The zero-order valence-electron chi connectivity index (χ0n) is 13.1. The molecule has 0 saturated heterocycles. The van der Waals surface area contributed by atoms with Crippen molar-refractivity contribution in [2.24, 2.45) is 0 Å². The molecule has 0 fully saturated rings. The van der Waals surface area contributed by atoms with Crippen LogP contribution in [0.5, 0.6) is 0 Å². The highest BCUT2D eigenvalue weighted by atomic mass is 16.2. The van der Waals surface area contributed by atoms with Gasteiger partial charge in [0.05, 0.1) is 12.1 Å². The molecule has 0 unspecified atom stereocenters. The minimum absolute atomic E-state index is 0.0826. The van der Waals surface area contributed by atoms with E-state index in [4.69, 9.17) is 0 Å². The van der Waals surface area contributed by atoms with Crippen molar-refractivity contribution in [3.05, 3.63) is 65.4 Å². The minimum Gasteiger partial charge on any atom is -0.387 e. The molecule has 3 aromatic rings. The van der Waals surface area contributed by atoms with Gasteiger partial charge in [0, 0.05) is 35.9 Å². The van der Waals surface area contributed by atoms with E-state index in [1.165, 1.54) is 10.9 Å². The van der Waals surface area contributed by atoms with Crippen LogP contribution in [0.1, 0.15) is 21.6 Å². The zero-order chi connectivity index (χ0) is 15.8. The van der Waals surface area contributed by atoms with Crippen LogP contribution in [0.3, 0.4) is 0 Å². The molecule has 23 heavy (non-hydrogen) atoms. The number of carbonyl (C=O) groups excluding carboxylic acids is 1. The van der Waals surface area contributed by atoms with Crippen molar-refractivity contribution >= 4 is 22.5 Å². The molecule has 1 amide bonds. The number of nitrogens with zero attached hydrogens (tertiary/aromatic N) is 1. The van der Waals surface area contributed by atoms with Gasteiger partial charge in [0.25, 0.3) is 5.91 Å². The number of anilines is 1. The molecule has 0 atom stereocenters. The molecular weight excluding hydrogens is 286 g/mol. The van der Waals surface area contributed by atoms with Gasteiger partial charge in [-0.1, -0.05) is 30.3 Å². The molecule has 0 spiro atoms. The molecule has 1 aromatic heterocycles. The first-order valence-corrected chi connectivity index (χ1v) is 7.92. The smallest absolute Gasteiger partial charge is 0.256 e. The molecule has 1 aliphatic heterocycles. The third-order valence-electron chi connectivity index (χ3n) is 4.60. The van der Waals surface area contributed by atoms with Crippen LogP contribution < -0.4 is 5.32 Å². The summed E-state index contributed by atoms with van der Waals surface area (Å²) in [4.78, 5) is 18.3. The van der Waals surface area contributed by atoms with Gasteiger partial charge in [-0.25, -0.2) is 0 Å². The number of fused-ring (bicyclic) bond motifs is 3. The summed E-state index contributed by atoms with van der Waals surface area (Å²) in [5.74, 6) is 0.0826. The first kappa shape index (κ1) is 13.9. The van der Waals surface area contributed by atoms with E-state index in [2.05, 4.69) is 28.5 Å². The maximum Gasteiger partial charge on any atom is 0.256 e. The van der Waals surface area contributed by atoms with E-state index in [1.807, 2.05) is 42.3 Å². The standard InChI is InChI=1S/C19H19N3O/c1-20-16-8-4-3-7-15(16)19(23)22-11-10-14-13-6-2-5-9-17(13)21-18(14)12-22/h2-9,20-21H,10-12H2,1H3. The van der Waals surface area contributed by atoms with Gasteiger partial charge in [-0.15, -0.1) is 0 Å². The highest BCUT2D eigenvalue weighted by Gasteiger charge is 2.25. The number of hydrogen-bond donors (Lipinski definition) is 2. The molecule has 2 N–H and O–H groups in total. The summed E-state index contributed by atoms with van der Waals surface area (Å²) >= 11 is 0. The average Bonchev–Trinajstić information content (AvgIpc) is 2.98. The van der Waals surface area contributed by atoms with Crippen molar-refractivity contribution < 1.29 is 4.79 Å². The summed E-state index contributed by atoms with van der Waals surface area (Å²) in [5.41, 5.74) is 5.27. The Morgan fingerprint density at radius 1 is 1.13 bits per heavy atom. The van der Waals surface area contributed by atoms with E-state index in [-0.39, 0.29) is 5.91 Å². The molecule has 4 rings (SSSR count). The fraction of sp³-hybridized carbons (Fsp3) is 0.211. The maximum atomic E-state index is 12.9. The molecule has 0 saturated carbocycles. The number of rotatable bonds is 2. The molecule has 0 bridgehead atoms. The molecule has 4 nitrogen and oxygen atoms in total. The van der Waals surface area contributed by atoms with Gasteiger partial charge in [-0.3, -0.25) is 4.79 Å². The summed E-state index contributed by atoms with van der Waals surface area (Å²) in [5, 5.41) is 4.38. The lowest BCUT2D eigenvalue weighted by Gasteiger charge is -2.28. The van der Waals surface area contributed by atoms with Crippen molar-refractivity contribution in [3.63, 3.8) is 0 Å². The second kappa shape index (κ2) is 5.47. The number of amides is 1. The number of carbonyl (C=O) groups is 1. The molecule has 0 radical (unpaired) electrons. The third kappa shape index (κ3) is 2.27.